The third kappa shape index (κ3) is 3.68. The van der Waals surface area contributed by atoms with Gasteiger partial charge in [-0.15, -0.1) is 0 Å². The van der Waals surface area contributed by atoms with Crippen molar-refractivity contribution in [3.05, 3.63) is 94.1 Å². The maximum absolute atomic E-state index is 13.6. The van der Waals surface area contributed by atoms with Gasteiger partial charge in [0.1, 0.15) is 11.4 Å². The molecule has 1 aliphatic rings. The van der Waals surface area contributed by atoms with Gasteiger partial charge < -0.3 is 10.1 Å². The molecule has 0 spiro atoms. The van der Waals surface area contributed by atoms with Gasteiger partial charge in [0.15, 0.2) is 0 Å². The molecule has 0 fully saturated rings. The number of rotatable bonds is 5. The summed E-state index contributed by atoms with van der Waals surface area (Å²) in [5.74, 6) is -0.384. The standard InChI is InChI=1S/C25H21ClN2O3/c1-15-8-6-12-20(16(15)2)27-23-22(19-11-4-5-13-21(19)31-3)24(29)28(25(23)30)18-10-7-9-17(26)14-18/h4-14,27H,1-3H3. The molecule has 0 aliphatic carbocycles. The minimum Gasteiger partial charge on any atom is -0.496 e. The molecule has 1 heterocycles. The number of para-hydroxylation sites is 1. The number of benzene rings is 3. The highest BCUT2D eigenvalue weighted by Gasteiger charge is 2.41. The fraction of sp³-hybridized carbons (Fsp3) is 0.120. The second-order valence-corrected chi connectivity index (χ2v) is 7.68. The van der Waals surface area contributed by atoms with Crippen LogP contribution in [0, 0.1) is 13.8 Å². The lowest BCUT2D eigenvalue weighted by molar-refractivity contribution is -0.120. The lowest BCUT2D eigenvalue weighted by atomic mass is 10.0. The maximum Gasteiger partial charge on any atom is 0.282 e. The molecule has 31 heavy (non-hydrogen) atoms. The molecule has 1 N–H and O–H groups in total. The van der Waals surface area contributed by atoms with Crippen molar-refractivity contribution in [2.45, 2.75) is 13.8 Å². The van der Waals surface area contributed by atoms with Crippen LogP contribution in [0.1, 0.15) is 16.7 Å². The van der Waals surface area contributed by atoms with Gasteiger partial charge in [0.25, 0.3) is 11.8 Å². The third-order valence-corrected chi connectivity index (χ3v) is 5.63. The lowest BCUT2D eigenvalue weighted by Gasteiger charge is -2.16. The van der Waals surface area contributed by atoms with Crippen molar-refractivity contribution < 1.29 is 14.3 Å². The number of anilines is 2. The first-order chi connectivity index (χ1) is 14.9. The monoisotopic (exact) mass is 432 g/mol. The summed E-state index contributed by atoms with van der Waals surface area (Å²) in [5.41, 5.74) is 4.24. The largest absolute Gasteiger partial charge is 0.496 e. The fourth-order valence-electron chi connectivity index (χ4n) is 3.62. The van der Waals surface area contributed by atoms with E-state index in [-0.39, 0.29) is 11.3 Å². The number of hydrogen-bond donors (Lipinski definition) is 1. The zero-order chi connectivity index (χ0) is 22.1. The number of nitrogens with zero attached hydrogens (tertiary/aromatic N) is 1. The second kappa shape index (κ2) is 8.28. The van der Waals surface area contributed by atoms with E-state index in [1.165, 1.54) is 7.11 Å². The highest BCUT2D eigenvalue weighted by Crippen LogP contribution is 2.38. The SMILES string of the molecule is COc1ccccc1C1=C(Nc2cccc(C)c2C)C(=O)N(c2cccc(Cl)c2)C1=O. The van der Waals surface area contributed by atoms with E-state index < -0.39 is 11.8 Å². The van der Waals surface area contributed by atoms with Crippen LogP contribution in [0.25, 0.3) is 5.57 Å². The molecule has 0 bridgehead atoms. The Kier molecular flexibility index (Phi) is 5.53. The van der Waals surface area contributed by atoms with Crippen molar-refractivity contribution >= 4 is 40.4 Å². The van der Waals surface area contributed by atoms with Crippen molar-refractivity contribution in [3.8, 4) is 5.75 Å². The van der Waals surface area contributed by atoms with E-state index in [4.69, 9.17) is 16.3 Å². The summed E-state index contributed by atoms with van der Waals surface area (Å²) in [4.78, 5) is 28.2. The van der Waals surface area contributed by atoms with Gasteiger partial charge in [-0.25, -0.2) is 4.90 Å². The molecule has 0 saturated heterocycles. The number of halogens is 1. The van der Waals surface area contributed by atoms with Gasteiger partial charge in [-0.2, -0.15) is 0 Å². The summed E-state index contributed by atoms with van der Waals surface area (Å²) < 4.78 is 5.48. The van der Waals surface area contributed by atoms with E-state index in [1.807, 2.05) is 38.1 Å². The smallest absolute Gasteiger partial charge is 0.282 e. The summed E-state index contributed by atoms with van der Waals surface area (Å²) in [6.45, 7) is 3.97. The van der Waals surface area contributed by atoms with Gasteiger partial charge in [0, 0.05) is 16.3 Å². The summed E-state index contributed by atoms with van der Waals surface area (Å²) in [7, 11) is 1.53. The molecule has 0 atom stereocenters. The molecule has 0 unspecified atom stereocenters. The van der Waals surface area contributed by atoms with Gasteiger partial charge in [0.05, 0.1) is 18.4 Å². The molecule has 4 rings (SSSR count). The van der Waals surface area contributed by atoms with E-state index in [0.29, 0.717) is 22.0 Å². The summed E-state index contributed by atoms with van der Waals surface area (Å²) in [6.07, 6.45) is 0. The van der Waals surface area contributed by atoms with E-state index in [0.717, 1.165) is 21.7 Å². The fourth-order valence-corrected chi connectivity index (χ4v) is 3.80. The molecule has 156 valence electrons. The minimum absolute atomic E-state index is 0.197. The normalized spacial score (nSPS) is 13.7. The predicted octanol–water partition coefficient (Wildman–Crippen LogP) is 5.36. The average molecular weight is 433 g/mol. The Bertz CT molecular complexity index is 1230. The lowest BCUT2D eigenvalue weighted by Crippen LogP contribution is -2.32. The van der Waals surface area contributed by atoms with Crippen molar-refractivity contribution in [1.29, 1.82) is 0 Å². The Balaban J connectivity index is 1.90. The quantitative estimate of drug-likeness (QED) is 0.551. The molecular formula is C25H21ClN2O3. The number of amides is 2. The molecule has 3 aromatic carbocycles. The van der Waals surface area contributed by atoms with Gasteiger partial charge >= 0.3 is 0 Å². The van der Waals surface area contributed by atoms with Gasteiger partial charge in [-0.05, 0) is 55.3 Å². The summed E-state index contributed by atoms with van der Waals surface area (Å²) >= 11 is 6.13. The van der Waals surface area contributed by atoms with Crippen LogP contribution in [0.15, 0.2) is 72.4 Å². The number of hydrogen-bond acceptors (Lipinski definition) is 4. The molecule has 3 aromatic rings. The number of nitrogens with one attached hydrogen (secondary N) is 1. The Labute approximate surface area is 185 Å². The number of methoxy groups -OCH3 is 1. The van der Waals surface area contributed by atoms with Crippen LogP contribution in [-0.2, 0) is 9.59 Å². The molecule has 0 saturated carbocycles. The van der Waals surface area contributed by atoms with E-state index in [1.54, 1.807) is 42.5 Å². The number of ether oxygens (including phenoxy) is 1. The molecule has 6 heteroatoms. The third-order valence-electron chi connectivity index (χ3n) is 5.39. The van der Waals surface area contributed by atoms with Gasteiger partial charge in [0.2, 0.25) is 0 Å². The van der Waals surface area contributed by atoms with Gasteiger partial charge in [-0.1, -0.05) is 48.0 Å². The molecule has 2 amide bonds. The maximum atomic E-state index is 13.6. The van der Waals surface area contributed by atoms with E-state index in [9.17, 15) is 9.59 Å². The van der Waals surface area contributed by atoms with Crippen LogP contribution in [0.3, 0.4) is 0 Å². The minimum atomic E-state index is -0.450. The number of imide groups is 1. The molecule has 5 nitrogen and oxygen atoms in total. The molecular weight excluding hydrogens is 412 g/mol. The summed E-state index contributed by atoms with van der Waals surface area (Å²) in [5, 5.41) is 3.66. The molecule has 0 aromatic heterocycles. The topological polar surface area (TPSA) is 58.6 Å². The van der Waals surface area contributed by atoms with E-state index in [2.05, 4.69) is 5.32 Å². The number of carbonyl (C=O) groups is 2. The number of carbonyl (C=O) groups excluding carboxylic acids is 2. The first-order valence-corrected chi connectivity index (χ1v) is 10.2. The highest BCUT2D eigenvalue weighted by molar-refractivity contribution is 6.46. The van der Waals surface area contributed by atoms with Gasteiger partial charge in [-0.3, -0.25) is 9.59 Å². The Hall–Kier alpha value is -3.57. The van der Waals surface area contributed by atoms with Crippen molar-refractivity contribution in [3.63, 3.8) is 0 Å². The van der Waals surface area contributed by atoms with Crippen molar-refractivity contribution in [1.82, 2.24) is 0 Å². The van der Waals surface area contributed by atoms with Crippen LogP contribution in [0.5, 0.6) is 5.75 Å². The molecule has 1 aliphatic heterocycles. The predicted molar refractivity (Wildman–Crippen MR) is 123 cm³/mol. The zero-order valence-corrected chi connectivity index (χ0v) is 18.2. The van der Waals surface area contributed by atoms with Crippen LogP contribution in [-0.4, -0.2) is 18.9 Å². The Morgan fingerprint density at radius 1 is 0.903 bits per heavy atom. The van der Waals surface area contributed by atoms with Crippen LogP contribution in [0.2, 0.25) is 5.02 Å². The molecule has 0 radical (unpaired) electrons. The number of aryl methyl sites for hydroxylation is 1. The average Bonchev–Trinajstić information content (AvgIpc) is 3.00. The Morgan fingerprint density at radius 3 is 2.39 bits per heavy atom. The van der Waals surface area contributed by atoms with Crippen LogP contribution < -0.4 is 15.0 Å². The van der Waals surface area contributed by atoms with E-state index >= 15 is 0 Å². The van der Waals surface area contributed by atoms with Crippen LogP contribution in [0.4, 0.5) is 11.4 Å². The van der Waals surface area contributed by atoms with Crippen molar-refractivity contribution in [2.75, 3.05) is 17.3 Å². The zero-order valence-electron chi connectivity index (χ0n) is 17.4. The first kappa shape index (κ1) is 20.7. The second-order valence-electron chi connectivity index (χ2n) is 7.25. The highest BCUT2D eigenvalue weighted by atomic mass is 35.5. The van der Waals surface area contributed by atoms with Crippen LogP contribution >= 0.6 is 11.6 Å². The summed E-state index contributed by atoms with van der Waals surface area (Å²) in [6, 6.07) is 19.6. The van der Waals surface area contributed by atoms with Crippen molar-refractivity contribution in [2.24, 2.45) is 0 Å². The Morgan fingerprint density at radius 2 is 1.65 bits per heavy atom. The first-order valence-electron chi connectivity index (χ1n) is 9.77.